The van der Waals surface area contributed by atoms with Gasteiger partial charge in [-0.05, 0) is 18.1 Å². The van der Waals surface area contributed by atoms with Crippen LogP contribution in [0.15, 0.2) is 23.0 Å². The molecule has 0 saturated heterocycles. The molecule has 2 aromatic heterocycles. The second-order valence-electron chi connectivity index (χ2n) is 4.16. The van der Waals surface area contributed by atoms with E-state index in [1.54, 1.807) is 12.3 Å². The maximum absolute atomic E-state index is 12.2. The number of alkyl halides is 3. The van der Waals surface area contributed by atoms with E-state index in [9.17, 15) is 13.2 Å². The quantitative estimate of drug-likeness (QED) is 0.933. The molecule has 0 amide bonds. The van der Waals surface area contributed by atoms with E-state index in [4.69, 9.17) is 9.63 Å². The van der Waals surface area contributed by atoms with Gasteiger partial charge in [-0.15, -0.1) is 0 Å². The smallest absolute Gasteiger partial charge is 0.383 e. The largest absolute Gasteiger partial charge is 0.414 e. The normalized spacial score (nSPS) is 13.4. The molecule has 0 radical (unpaired) electrons. The van der Waals surface area contributed by atoms with Crippen LogP contribution in [0.3, 0.4) is 0 Å². The molecule has 2 aromatic rings. The molecule has 0 aromatic carbocycles. The van der Waals surface area contributed by atoms with Gasteiger partial charge < -0.3 is 9.63 Å². The molecule has 108 valence electrons. The number of rotatable bonds is 4. The van der Waals surface area contributed by atoms with Crippen molar-refractivity contribution in [1.82, 2.24) is 15.1 Å². The van der Waals surface area contributed by atoms with Gasteiger partial charge in [-0.2, -0.15) is 18.2 Å². The average Bonchev–Trinajstić information content (AvgIpc) is 2.86. The molecule has 2 heterocycles. The van der Waals surface area contributed by atoms with E-state index in [1.165, 1.54) is 6.20 Å². The minimum absolute atomic E-state index is 0.189. The Bertz CT molecular complexity index is 583. The Kier molecular flexibility index (Phi) is 4.03. The molecule has 8 heteroatoms. The lowest BCUT2D eigenvalue weighted by Crippen LogP contribution is -2.30. The molecule has 0 fully saturated rings. The fraction of sp³-hybridized carbons (Fsp3) is 0.417. The van der Waals surface area contributed by atoms with Crippen LogP contribution in [0, 0.1) is 0 Å². The molecule has 5 nitrogen and oxygen atoms in total. The molecule has 0 saturated carbocycles. The van der Waals surface area contributed by atoms with Crippen molar-refractivity contribution in [3.05, 3.63) is 29.9 Å². The predicted octanol–water partition coefficient (Wildman–Crippen LogP) is 2.16. The summed E-state index contributed by atoms with van der Waals surface area (Å²) in [5.74, 6) is -0.0719. The number of halogens is 3. The zero-order valence-corrected chi connectivity index (χ0v) is 10.6. The number of hydrogen-bond acceptors (Lipinski definition) is 5. The van der Waals surface area contributed by atoms with Crippen molar-refractivity contribution >= 4 is 0 Å². The zero-order chi connectivity index (χ0) is 14.8. The third-order valence-electron chi connectivity index (χ3n) is 2.74. The van der Waals surface area contributed by atoms with Gasteiger partial charge >= 0.3 is 6.18 Å². The van der Waals surface area contributed by atoms with Crippen LogP contribution in [0.2, 0.25) is 0 Å². The van der Waals surface area contributed by atoms with Gasteiger partial charge in [-0.25, -0.2) is 0 Å². The molecule has 0 spiro atoms. The topological polar surface area (TPSA) is 72.0 Å². The standard InChI is InChI=1S/C12H12F3N3O2/c1-2-7-6-16-4-3-8(7)11-17-10(20-18-11)5-9(19)12(13,14)15/h3-4,6,9,19H,2,5H2,1H3. The van der Waals surface area contributed by atoms with Gasteiger partial charge in [0.15, 0.2) is 6.10 Å². The zero-order valence-electron chi connectivity index (χ0n) is 10.6. The van der Waals surface area contributed by atoms with Gasteiger partial charge in [0, 0.05) is 18.0 Å². The van der Waals surface area contributed by atoms with Crippen molar-refractivity contribution in [2.75, 3.05) is 0 Å². The molecule has 2 rings (SSSR count). The highest BCUT2D eigenvalue weighted by Crippen LogP contribution is 2.24. The van der Waals surface area contributed by atoms with Gasteiger partial charge in [0.25, 0.3) is 0 Å². The summed E-state index contributed by atoms with van der Waals surface area (Å²) < 4.78 is 41.4. The fourth-order valence-electron chi connectivity index (χ4n) is 1.66. The molecule has 1 atom stereocenters. The molecule has 0 bridgehead atoms. The van der Waals surface area contributed by atoms with Gasteiger partial charge in [0.2, 0.25) is 11.7 Å². The first-order chi connectivity index (χ1) is 9.41. The Morgan fingerprint density at radius 3 is 2.80 bits per heavy atom. The third-order valence-corrected chi connectivity index (χ3v) is 2.74. The lowest BCUT2D eigenvalue weighted by molar-refractivity contribution is -0.204. The molecule has 0 aliphatic rings. The Morgan fingerprint density at radius 1 is 1.40 bits per heavy atom. The van der Waals surface area contributed by atoms with Crippen LogP contribution in [0.5, 0.6) is 0 Å². The second-order valence-corrected chi connectivity index (χ2v) is 4.16. The lowest BCUT2D eigenvalue weighted by Gasteiger charge is -2.11. The first-order valence-electron chi connectivity index (χ1n) is 5.92. The predicted molar refractivity (Wildman–Crippen MR) is 62.7 cm³/mol. The van der Waals surface area contributed by atoms with Crippen LogP contribution >= 0.6 is 0 Å². The fourth-order valence-corrected chi connectivity index (χ4v) is 1.66. The van der Waals surface area contributed by atoms with E-state index in [0.717, 1.165) is 5.56 Å². The van der Waals surface area contributed by atoms with Crippen molar-refractivity contribution in [2.45, 2.75) is 32.0 Å². The van der Waals surface area contributed by atoms with Crippen molar-refractivity contribution in [2.24, 2.45) is 0 Å². The Labute approximate surface area is 112 Å². The van der Waals surface area contributed by atoms with Crippen LogP contribution < -0.4 is 0 Å². The highest BCUT2D eigenvalue weighted by Gasteiger charge is 2.39. The first kappa shape index (κ1) is 14.4. The van der Waals surface area contributed by atoms with Gasteiger partial charge in [0.05, 0.1) is 6.42 Å². The van der Waals surface area contributed by atoms with Gasteiger partial charge in [-0.3, -0.25) is 4.98 Å². The monoisotopic (exact) mass is 287 g/mol. The maximum Gasteiger partial charge on any atom is 0.414 e. The molecule has 1 N–H and O–H groups in total. The van der Waals surface area contributed by atoms with E-state index in [-0.39, 0.29) is 11.7 Å². The van der Waals surface area contributed by atoms with E-state index < -0.39 is 18.7 Å². The van der Waals surface area contributed by atoms with Gasteiger partial charge in [0.1, 0.15) is 0 Å². The van der Waals surface area contributed by atoms with Crippen molar-refractivity contribution < 1.29 is 22.8 Å². The van der Waals surface area contributed by atoms with Crippen LogP contribution in [0.25, 0.3) is 11.4 Å². The minimum atomic E-state index is -4.71. The second kappa shape index (κ2) is 5.58. The van der Waals surface area contributed by atoms with Crippen LogP contribution in [0.1, 0.15) is 18.4 Å². The summed E-state index contributed by atoms with van der Waals surface area (Å²) in [5.41, 5.74) is 1.51. The Hall–Kier alpha value is -1.96. The lowest BCUT2D eigenvalue weighted by atomic mass is 10.1. The summed E-state index contributed by atoms with van der Waals surface area (Å²) in [6.45, 7) is 1.91. The van der Waals surface area contributed by atoms with Crippen molar-refractivity contribution in [3.8, 4) is 11.4 Å². The molecule has 20 heavy (non-hydrogen) atoms. The summed E-state index contributed by atoms with van der Waals surface area (Å²) in [4.78, 5) is 7.83. The first-order valence-corrected chi connectivity index (χ1v) is 5.92. The van der Waals surface area contributed by atoms with Crippen molar-refractivity contribution in [3.63, 3.8) is 0 Å². The maximum atomic E-state index is 12.2. The van der Waals surface area contributed by atoms with Crippen LogP contribution in [-0.4, -0.2) is 32.5 Å². The number of hydrogen-bond donors (Lipinski definition) is 1. The average molecular weight is 287 g/mol. The Balaban J connectivity index is 2.21. The van der Waals surface area contributed by atoms with E-state index in [0.29, 0.717) is 12.0 Å². The van der Waals surface area contributed by atoms with Crippen molar-refractivity contribution in [1.29, 1.82) is 0 Å². The number of nitrogens with zero attached hydrogens (tertiary/aromatic N) is 3. The number of aliphatic hydroxyl groups is 1. The molecule has 1 unspecified atom stereocenters. The number of aromatic nitrogens is 3. The SMILES string of the molecule is CCc1cnccc1-c1noc(CC(O)C(F)(F)F)n1. The Morgan fingerprint density at radius 2 is 2.15 bits per heavy atom. The third kappa shape index (κ3) is 3.13. The minimum Gasteiger partial charge on any atom is -0.383 e. The van der Waals surface area contributed by atoms with Crippen LogP contribution in [0.4, 0.5) is 13.2 Å². The summed E-state index contributed by atoms with van der Waals surface area (Å²) >= 11 is 0. The molecular formula is C12H12F3N3O2. The summed E-state index contributed by atoms with van der Waals surface area (Å²) in [6, 6.07) is 1.66. The number of aryl methyl sites for hydroxylation is 1. The van der Waals surface area contributed by atoms with Gasteiger partial charge in [-0.1, -0.05) is 12.1 Å². The van der Waals surface area contributed by atoms with E-state index in [1.807, 2.05) is 6.92 Å². The summed E-state index contributed by atoms with van der Waals surface area (Å²) in [7, 11) is 0. The molecule has 0 aliphatic carbocycles. The molecule has 0 aliphatic heterocycles. The number of aliphatic hydroxyl groups excluding tert-OH is 1. The summed E-state index contributed by atoms with van der Waals surface area (Å²) in [5, 5.41) is 12.6. The van der Waals surface area contributed by atoms with E-state index in [2.05, 4.69) is 15.1 Å². The molecular weight excluding hydrogens is 275 g/mol. The van der Waals surface area contributed by atoms with E-state index >= 15 is 0 Å². The highest BCUT2D eigenvalue weighted by atomic mass is 19.4. The van der Waals surface area contributed by atoms with Crippen LogP contribution in [-0.2, 0) is 12.8 Å². The number of pyridine rings is 1. The summed E-state index contributed by atoms with van der Waals surface area (Å²) in [6.07, 6.45) is -4.13. The highest BCUT2D eigenvalue weighted by molar-refractivity contribution is 5.58.